The molecule has 5 rings (SSSR count). The van der Waals surface area contributed by atoms with Crippen LogP contribution in [-0.2, 0) is 10.9 Å². The first-order chi connectivity index (χ1) is 16.8. The Kier molecular flexibility index (Phi) is 5.80. The van der Waals surface area contributed by atoms with Crippen LogP contribution >= 0.6 is 11.3 Å². The first-order valence-electron chi connectivity index (χ1n) is 11.7. The number of likely N-dealkylation sites (tertiary alicyclic amines) is 1. The Morgan fingerprint density at radius 1 is 1.25 bits per heavy atom. The van der Waals surface area contributed by atoms with Crippen LogP contribution in [0.2, 0.25) is 0 Å². The highest BCUT2D eigenvalue weighted by atomic mass is 32.1. The molecule has 1 spiro atoms. The molecule has 2 fully saturated rings. The highest BCUT2D eigenvalue weighted by Gasteiger charge is 2.47. The fourth-order valence-corrected chi connectivity index (χ4v) is 5.76. The molecule has 1 saturated carbocycles. The third-order valence-corrected chi connectivity index (χ3v) is 7.58. The van der Waals surface area contributed by atoms with E-state index in [0.717, 1.165) is 31.7 Å². The van der Waals surface area contributed by atoms with E-state index in [2.05, 4.69) is 20.4 Å². The number of fused-ring (bicyclic) bond motifs is 1. The van der Waals surface area contributed by atoms with E-state index in [1.807, 2.05) is 20.8 Å². The molecule has 1 aliphatic carbocycles. The van der Waals surface area contributed by atoms with E-state index in [1.54, 1.807) is 15.6 Å². The topological polar surface area (TPSA) is 111 Å². The van der Waals surface area contributed by atoms with Gasteiger partial charge in [-0.15, -0.1) is 5.10 Å². The van der Waals surface area contributed by atoms with Crippen LogP contribution in [0.5, 0.6) is 0 Å². The first kappa shape index (κ1) is 24.6. The number of rotatable bonds is 3. The molecule has 1 saturated heterocycles. The lowest BCUT2D eigenvalue weighted by Gasteiger charge is -2.52. The standard InChI is InChI=1S/C23H28F3N7O2S/c1-21(2,3)35-20(34)32-6-4-22(5-7-32)9-14(10-22)29-18-31-33-12-16(30-19(33)36-18)13-8-15(23(24,25)26)17(27)28-11-13/h8,11-12,14H,4-7,9-10H2,1-3H3,(H2,27,28)(H,29,31). The maximum Gasteiger partial charge on any atom is 0.419 e. The van der Waals surface area contributed by atoms with E-state index >= 15 is 0 Å². The van der Waals surface area contributed by atoms with E-state index in [1.165, 1.54) is 17.5 Å². The van der Waals surface area contributed by atoms with Gasteiger partial charge in [0, 0.05) is 30.9 Å². The first-order valence-corrected chi connectivity index (χ1v) is 12.6. The van der Waals surface area contributed by atoms with Crippen molar-refractivity contribution in [3.8, 4) is 11.3 Å². The average molecular weight is 524 g/mol. The number of anilines is 2. The molecule has 0 bridgehead atoms. The number of pyridine rings is 1. The van der Waals surface area contributed by atoms with Crippen molar-refractivity contribution in [2.75, 3.05) is 24.1 Å². The molecule has 0 atom stereocenters. The monoisotopic (exact) mass is 523 g/mol. The molecule has 1 amide bonds. The molecule has 3 aromatic heterocycles. The molecule has 0 radical (unpaired) electrons. The van der Waals surface area contributed by atoms with Gasteiger partial charge in [-0.3, -0.25) is 0 Å². The van der Waals surface area contributed by atoms with Gasteiger partial charge in [0.1, 0.15) is 11.4 Å². The normalized spacial score (nSPS) is 18.4. The molecular weight excluding hydrogens is 495 g/mol. The number of halogens is 3. The molecule has 0 aromatic carbocycles. The van der Waals surface area contributed by atoms with Crippen molar-refractivity contribution < 1.29 is 22.7 Å². The largest absolute Gasteiger partial charge is 0.444 e. The number of nitrogens with zero attached hydrogens (tertiary/aromatic N) is 5. The molecule has 4 heterocycles. The quantitative estimate of drug-likeness (QED) is 0.495. The number of nitrogen functional groups attached to an aromatic ring is 1. The number of carbonyl (C=O) groups excluding carboxylic acids is 1. The number of nitrogens with two attached hydrogens (primary N) is 1. The number of nitrogens with one attached hydrogen (secondary N) is 1. The van der Waals surface area contributed by atoms with Crippen molar-refractivity contribution in [1.82, 2.24) is 24.5 Å². The van der Waals surface area contributed by atoms with Crippen molar-refractivity contribution in [2.24, 2.45) is 5.41 Å². The Balaban J connectivity index is 1.18. The Hall–Kier alpha value is -3.09. The molecule has 2 aliphatic rings. The summed E-state index contributed by atoms with van der Waals surface area (Å²) in [5.41, 5.74) is 4.71. The molecule has 3 aromatic rings. The van der Waals surface area contributed by atoms with Gasteiger partial charge in [-0.1, -0.05) is 11.3 Å². The number of aromatic nitrogens is 4. The fourth-order valence-electron chi connectivity index (χ4n) is 4.90. The minimum atomic E-state index is -4.59. The third kappa shape index (κ3) is 4.93. The molecule has 13 heteroatoms. The summed E-state index contributed by atoms with van der Waals surface area (Å²) < 4.78 is 46.5. The predicted molar refractivity (Wildman–Crippen MR) is 130 cm³/mol. The summed E-state index contributed by atoms with van der Waals surface area (Å²) in [6.45, 7) is 7.01. The van der Waals surface area contributed by atoms with Crippen molar-refractivity contribution in [3.05, 3.63) is 24.0 Å². The summed E-state index contributed by atoms with van der Waals surface area (Å²) in [5, 5.41) is 8.66. The molecule has 3 N–H and O–H groups in total. The maximum absolute atomic E-state index is 13.2. The van der Waals surface area contributed by atoms with Crippen LogP contribution in [0.4, 0.5) is 28.9 Å². The Morgan fingerprint density at radius 3 is 2.56 bits per heavy atom. The minimum absolute atomic E-state index is 0.224. The second kappa shape index (κ2) is 8.49. The van der Waals surface area contributed by atoms with Gasteiger partial charge in [0.05, 0.1) is 17.5 Å². The van der Waals surface area contributed by atoms with Gasteiger partial charge < -0.3 is 20.7 Å². The molecule has 1 aliphatic heterocycles. The summed E-state index contributed by atoms with van der Waals surface area (Å²) in [7, 11) is 0. The van der Waals surface area contributed by atoms with E-state index in [-0.39, 0.29) is 23.1 Å². The van der Waals surface area contributed by atoms with Crippen molar-refractivity contribution in [1.29, 1.82) is 0 Å². The number of hydrogen-bond acceptors (Lipinski definition) is 8. The number of imidazole rings is 1. The summed E-state index contributed by atoms with van der Waals surface area (Å²) in [6, 6.07) is 1.24. The van der Waals surface area contributed by atoms with Crippen molar-refractivity contribution >= 4 is 33.3 Å². The number of amides is 1. The summed E-state index contributed by atoms with van der Waals surface area (Å²) in [4.78, 5) is 22.8. The van der Waals surface area contributed by atoms with Gasteiger partial charge in [-0.2, -0.15) is 13.2 Å². The highest BCUT2D eigenvalue weighted by molar-refractivity contribution is 7.20. The van der Waals surface area contributed by atoms with Crippen LogP contribution in [0.25, 0.3) is 16.2 Å². The zero-order valence-electron chi connectivity index (χ0n) is 20.2. The highest BCUT2D eigenvalue weighted by Crippen LogP contribution is 2.50. The summed E-state index contributed by atoms with van der Waals surface area (Å²) in [6.07, 6.45) is 1.92. The lowest BCUT2D eigenvalue weighted by atomic mass is 9.60. The van der Waals surface area contributed by atoms with Gasteiger partial charge in [0.15, 0.2) is 0 Å². The number of carbonyl (C=O) groups is 1. The van der Waals surface area contributed by atoms with E-state index < -0.39 is 23.2 Å². The van der Waals surface area contributed by atoms with Crippen molar-refractivity contribution in [3.63, 3.8) is 0 Å². The van der Waals surface area contributed by atoms with Gasteiger partial charge in [-0.05, 0) is 57.9 Å². The number of piperidine rings is 1. The fraction of sp³-hybridized carbons (Fsp3) is 0.565. The summed E-state index contributed by atoms with van der Waals surface area (Å²) >= 11 is 1.34. The van der Waals surface area contributed by atoms with Gasteiger partial charge in [-0.25, -0.2) is 19.3 Å². The second-order valence-electron chi connectivity index (χ2n) is 10.6. The van der Waals surface area contributed by atoms with Crippen molar-refractivity contribution in [2.45, 2.75) is 64.3 Å². The van der Waals surface area contributed by atoms with E-state index in [4.69, 9.17) is 10.5 Å². The molecule has 194 valence electrons. The number of hydrogen-bond donors (Lipinski definition) is 2. The Morgan fingerprint density at radius 2 is 1.94 bits per heavy atom. The van der Waals surface area contributed by atoms with Crippen LogP contribution in [0, 0.1) is 5.41 Å². The van der Waals surface area contributed by atoms with Crippen LogP contribution in [0.3, 0.4) is 0 Å². The lowest BCUT2D eigenvalue weighted by Crippen LogP contribution is -2.53. The maximum atomic E-state index is 13.2. The van der Waals surface area contributed by atoms with E-state index in [0.29, 0.717) is 28.9 Å². The second-order valence-corrected chi connectivity index (χ2v) is 11.6. The molecular formula is C23H28F3N7O2S. The van der Waals surface area contributed by atoms with Gasteiger partial charge >= 0.3 is 12.3 Å². The zero-order valence-corrected chi connectivity index (χ0v) is 21.0. The van der Waals surface area contributed by atoms with Crippen LogP contribution in [0.15, 0.2) is 18.5 Å². The third-order valence-electron chi connectivity index (χ3n) is 6.73. The Labute approximate surface area is 209 Å². The predicted octanol–water partition coefficient (Wildman–Crippen LogP) is 5.05. The van der Waals surface area contributed by atoms with Crippen LogP contribution < -0.4 is 11.1 Å². The van der Waals surface area contributed by atoms with E-state index in [9.17, 15) is 18.0 Å². The Bertz CT molecular complexity index is 1250. The number of alkyl halides is 3. The van der Waals surface area contributed by atoms with Gasteiger partial charge in [0.25, 0.3) is 0 Å². The van der Waals surface area contributed by atoms with Crippen LogP contribution in [-0.4, -0.2) is 55.3 Å². The minimum Gasteiger partial charge on any atom is -0.444 e. The average Bonchev–Trinajstić information content (AvgIpc) is 3.30. The number of ether oxygens (including phenoxy) is 1. The smallest absolute Gasteiger partial charge is 0.419 e. The lowest BCUT2D eigenvalue weighted by molar-refractivity contribution is -0.137. The zero-order chi connectivity index (χ0) is 25.9. The SMILES string of the molecule is CC(C)(C)OC(=O)N1CCC2(CC1)CC(Nc1nn3cc(-c4cnc(N)c(C(F)(F)F)c4)nc3s1)C2. The van der Waals surface area contributed by atoms with Crippen LogP contribution in [0.1, 0.15) is 52.0 Å². The molecule has 0 unspecified atom stereocenters. The van der Waals surface area contributed by atoms with Gasteiger partial charge in [0.2, 0.25) is 10.1 Å². The summed E-state index contributed by atoms with van der Waals surface area (Å²) in [5.74, 6) is -0.564. The molecule has 9 nitrogen and oxygen atoms in total. The molecule has 36 heavy (non-hydrogen) atoms.